The highest BCUT2D eigenvalue weighted by atomic mass is 16.6. The zero-order valence-electron chi connectivity index (χ0n) is 14.9. The first kappa shape index (κ1) is 16.9. The van der Waals surface area contributed by atoms with Crippen LogP contribution in [0.2, 0.25) is 0 Å². The monoisotopic (exact) mass is 329 g/mol. The van der Waals surface area contributed by atoms with Crippen LogP contribution < -0.4 is 0 Å². The summed E-state index contributed by atoms with van der Waals surface area (Å²) < 4.78 is 0. The minimum absolute atomic E-state index is 0.133. The summed E-state index contributed by atoms with van der Waals surface area (Å²) in [6.07, 6.45) is 7.40. The van der Waals surface area contributed by atoms with Gasteiger partial charge in [0.1, 0.15) is 5.84 Å². The van der Waals surface area contributed by atoms with Gasteiger partial charge in [-0.05, 0) is 43.7 Å². The second kappa shape index (κ2) is 6.54. The van der Waals surface area contributed by atoms with E-state index in [0.717, 1.165) is 24.2 Å². The molecule has 1 saturated heterocycles. The summed E-state index contributed by atoms with van der Waals surface area (Å²) in [5, 5.41) is 10.9. The average molecular weight is 329 g/mol. The molecule has 0 unspecified atom stereocenters. The number of nitro groups is 1. The molecule has 3 rings (SSSR count). The molecule has 0 bridgehead atoms. The Balaban J connectivity index is 1.92. The first-order valence-corrected chi connectivity index (χ1v) is 9.01. The number of hydrogen-bond donors (Lipinski definition) is 0. The molecule has 0 atom stereocenters. The predicted octanol–water partition coefficient (Wildman–Crippen LogP) is 5.00. The number of rotatable bonds is 4. The molecule has 2 fully saturated rings. The van der Waals surface area contributed by atoms with Crippen LogP contribution in [-0.2, 0) is 0 Å². The molecule has 1 aromatic rings. The fourth-order valence-electron chi connectivity index (χ4n) is 4.24. The quantitative estimate of drug-likeness (QED) is 0.577. The van der Waals surface area contributed by atoms with Gasteiger partial charge in [0, 0.05) is 30.6 Å². The van der Waals surface area contributed by atoms with Crippen molar-refractivity contribution in [2.75, 3.05) is 6.54 Å². The Morgan fingerprint density at radius 2 is 2.00 bits per heavy atom. The van der Waals surface area contributed by atoms with Crippen LogP contribution >= 0.6 is 0 Å². The Kier molecular flexibility index (Phi) is 4.61. The Hall–Kier alpha value is -1.91. The van der Waals surface area contributed by atoms with Crippen molar-refractivity contribution >= 4 is 17.2 Å². The van der Waals surface area contributed by atoms with Gasteiger partial charge in [0.25, 0.3) is 5.69 Å². The van der Waals surface area contributed by atoms with Gasteiger partial charge in [-0.2, -0.15) is 0 Å². The third-order valence-corrected chi connectivity index (χ3v) is 5.42. The van der Waals surface area contributed by atoms with Crippen LogP contribution in [0.4, 0.5) is 11.4 Å². The van der Waals surface area contributed by atoms with Gasteiger partial charge < -0.3 is 4.90 Å². The topological polar surface area (TPSA) is 58.7 Å². The Bertz CT molecular complexity index is 661. The summed E-state index contributed by atoms with van der Waals surface area (Å²) in [6, 6.07) is 4.96. The van der Waals surface area contributed by atoms with Crippen LogP contribution in [0.3, 0.4) is 0 Å². The molecule has 5 nitrogen and oxygen atoms in total. The summed E-state index contributed by atoms with van der Waals surface area (Å²) in [4.78, 5) is 18.1. The molecule has 1 heterocycles. The lowest BCUT2D eigenvalue weighted by atomic mass is 9.93. The number of hydrogen-bond acceptors (Lipinski definition) is 3. The first-order valence-electron chi connectivity index (χ1n) is 9.01. The maximum atomic E-state index is 10.9. The molecule has 2 aliphatic rings. The lowest BCUT2D eigenvalue weighted by molar-refractivity contribution is -0.384. The number of nitrogens with zero attached hydrogens (tertiary/aromatic N) is 3. The van der Waals surface area contributed by atoms with E-state index in [-0.39, 0.29) is 10.6 Å². The SMILES string of the molecule is Cc1cc([N+](=O)[O-])ccc1/N=C1/CCC2(CCCC2)N1CC(C)C. The van der Waals surface area contributed by atoms with Crippen molar-refractivity contribution in [1.29, 1.82) is 0 Å². The maximum absolute atomic E-state index is 10.9. The van der Waals surface area contributed by atoms with E-state index in [9.17, 15) is 10.1 Å². The fraction of sp³-hybridized carbons (Fsp3) is 0.632. The van der Waals surface area contributed by atoms with E-state index < -0.39 is 0 Å². The van der Waals surface area contributed by atoms with Crippen molar-refractivity contribution in [1.82, 2.24) is 4.90 Å². The molecule has 0 N–H and O–H groups in total. The van der Waals surface area contributed by atoms with Gasteiger partial charge in [0.2, 0.25) is 0 Å². The molecular formula is C19H27N3O2. The Morgan fingerprint density at radius 3 is 2.58 bits per heavy atom. The Labute approximate surface area is 143 Å². The molecule has 24 heavy (non-hydrogen) atoms. The summed E-state index contributed by atoms with van der Waals surface area (Å²) in [5.41, 5.74) is 2.18. The lowest BCUT2D eigenvalue weighted by Crippen LogP contribution is -2.45. The zero-order chi connectivity index (χ0) is 17.3. The van der Waals surface area contributed by atoms with Gasteiger partial charge in [0.15, 0.2) is 0 Å². The number of nitro benzene ring substituents is 1. The van der Waals surface area contributed by atoms with Gasteiger partial charge >= 0.3 is 0 Å². The third kappa shape index (κ3) is 3.17. The largest absolute Gasteiger partial charge is 0.354 e. The average Bonchev–Trinajstić information content (AvgIpc) is 3.11. The third-order valence-electron chi connectivity index (χ3n) is 5.42. The molecule has 5 heteroatoms. The van der Waals surface area contributed by atoms with Crippen LogP contribution in [-0.4, -0.2) is 27.7 Å². The van der Waals surface area contributed by atoms with Crippen LogP contribution in [0.5, 0.6) is 0 Å². The fourth-order valence-corrected chi connectivity index (χ4v) is 4.24. The van der Waals surface area contributed by atoms with Crippen molar-refractivity contribution in [3.63, 3.8) is 0 Å². The van der Waals surface area contributed by atoms with Crippen molar-refractivity contribution in [3.05, 3.63) is 33.9 Å². The number of aryl methyl sites for hydroxylation is 1. The standard InChI is InChI=1S/C19H27N3O2/c1-14(2)13-21-18(8-11-19(21)9-4-5-10-19)20-17-7-6-16(22(23)24)12-15(17)3/h6-7,12,14H,4-5,8-11,13H2,1-3H3/b20-18-. The van der Waals surface area contributed by atoms with E-state index in [2.05, 4.69) is 18.7 Å². The molecule has 1 aromatic carbocycles. The second-order valence-electron chi connectivity index (χ2n) is 7.69. The number of amidine groups is 1. The van der Waals surface area contributed by atoms with Gasteiger partial charge in [-0.3, -0.25) is 10.1 Å². The van der Waals surface area contributed by atoms with E-state index in [1.54, 1.807) is 18.2 Å². The molecule has 1 aliphatic carbocycles. The van der Waals surface area contributed by atoms with Crippen molar-refractivity contribution in [2.45, 2.75) is 64.8 Å². The number of benzene rings is 1. The van der Waals surface area contributed by atoms with Crippen molar-refractivity contribution in [3.8, 4) is 0 Å². The van der Waals surface area contributed by atoms with E-state index >= 15 is 0 Å². The normalized spacial score (nSPS) is 21.3. The summed E-state index contributed by atoms with van der Waals surface area (Å²) in [5.74, 6) is 1.77. The van der Waals surface area contributed by atoms with Gasteiger partial charge in [-0.15, -0.1) is 0 Å². The van der Waals surface area contributed by atoms with Gasteiger partial charge in [-0.1, -0.05) is 26.7 Å². The highest BCUT2D eigenvalue weighted by Gasteiger charge is 2.45. The molecular weight excluding hydrogens is 302 g/mol. The summed E-state index contributed by atoms with van der Waals surface area (Å²) >= 11 is 0. The number of non-ortho nitro benzene ring substituents is 1. The van der Waals surface area contributed by atoms with Crippen LogP contribution in [0.25, 0.3) is 0 Å². The smallest absolute Gasteiger partial charge is 0.269 e. The number of aliphatic imine (C=N–C) groups is 1. The zero-order valence-corrected chi connectivity index (χ0v) is 14.9. The molecule has 1 aliphatic heterocycles. The maximum Gasteiger partial charge on any atom is 0.269 e. The van der Waals surface area contributed by atoms with Crippen LogP contribution in [0.15, 0.2) is 23.2 Å². The van der Waals surface area contributed by atoms with Crippen LogP contribution in [0, 0.1) is 23.0 Å². The van der Waals surface area contributed by atoms with E-state index in [1.165, 1.54) is 37.9 Å². The van der Waals surface area contributed by atoms with E-state index in [0.29, 0.717) is 11.5 Å². The lowest BCUT2D eigenvalue weighted by Gasteiger charge is -2.38. The van der Waals surface area contributed by atoms with Gasteiger partial charge in [-0.25, -0.2) is 4.99 Å². The van der Waals surface area contributed by atoms with Gasteiger partial charge in [0.05, 0.1) is 10.6 Å². The van der Waals surface area contributed by atoms with Crippen molar-refractivity contribution < 1.29 is 4.92 Å². The van der Waals surface area contributed by atoms with E-state index in [1.807, 2.05) is 6.92 Å². The summed E-state index contributed by atoms with van der Waals surface area (Å²) in [6.45, 7) is 7.47. The van der Waals surface area contributed by atoms with Crippen molar-refractivity contribution in [2.24, 2.45) is 10.9 Å². The molecule has 1 spiro atoms. The Morgan fingerprint density at radius 1 is 1.29 bits per heavy atom. The molecule has 0 radical (unpaired) electrons. The molecule has 0 aromatic heterocycles. The highest BCUT2D eigenvalue weighted by Crippen LogP contribution is 2.45. The summed E-state index contributed by atoms with van der Waals surface area (Å²) in [7, 11) is 0. The van der Waals surface area contributed by atoms with E-state index in [4.69, 9.17) is 4.99 Å². The minimum Gasteiger partial charge on any atom is -0.354 e. The first-order chi connectivity index (χ1) is 11.4. The predicted molar refractivity (Wildman–Crippen MR) is 96.9 cm³/mol. The number of likely N-dealkylation sites (tertiary alicyclic amines) is 1. The highest BCUT2D eigenvalue weighted by molar-refractivity contribution is 5.88. The molecule has 130 valence electrons. The van der Waals surface area contributed by atoms with Crippen LogP contribution in [0.1, 0.15) is 57.9 Å². The molecule has 0 amide bonds. The molecule has 1 saturated carbocycles. The minimum atomic E-state index is -0.349. The second-order valence-corrected chi connectivity index (χ2v) is 7.69.